The lowest BCUT2D eigenvalue weighted by Crippen LogP contribution is -2.42. The van der Waals surface area contributed by atoms with E-state index in [-0.39, 0.29) is 6.04 Å². The first kappa shape index (κ1) is 16.1. The van der Waals surface area contributed by atoms with E-state index >= 15 is 0 Å². The number of benzene rings is 1. The van der Waals surface area contributed by atoms with E-state index in [1.807, 2.05) is 19.1 Å². The number of hydrogen-bond acceptors (Lipinski definition) is 3. The molecule has 20 heavy (non-hydrogen) atoms. The molecule has 0 radical (unpaired) electrons. The van der Waals surface area contributed by atoms with Crippen LogP contribution >= 0.6 is 23.2 Å². The van der Waals surface area contributed by atoms with Gasteiger partial charge in [0, 0.05) is 42.3 Å². The number of halogens is 2. The van der Waals surface area contributed by atoms with Gasteiger partial charge in [0.15, 0.2) is 0 Å². The fourth-order valence-electron chi connectivity index (χ4n) is 2.83. The summed E-state index contributed by atoms with van der Waals surface area (Å²) in [7, 11) is 0. The lowest BCUT2D eigenvalue weighted by molar-refractivity contribution is 0.00453. The van der Waals surface area contributed by atoms with Crippen LogP contribution in [-0.2, 0) is 4.74 Å². The van der Waals surface area contributed by atoms with Gasteiger partial charge in [-0.3, -0.25) is 4.90 Å². The van der Waals surface area contributed by atoms with Gasteiger partial charge in [0.1, 0.15) is 0 Å². The highest BCUT2D eigenvalue weighted by atomic mass is 35.5. The summed E-state index contributed by atoms with van der Waals surface area (Å²) in [5.41, 5.74) is 7.03. The molecule has 1 fully saturated rings. The fourth-order valence-corrected chi connectivity index (χ4v) is 3.37. The average Bonchev–Trinajstić information content (AvgIpc) is 2.44. The second-order valence-corrected chi connectivity index (χ2v) is 5.95. The van der Waals surface area contributed by atoms with Gasteiger partial charge in [-0.25, -0.2) is 0 Å². The van der Waals surface area contributed by atoms with E-state index in [9.17, 15) is 0 Å². The van der Waals surface area contributed by atoms with Gasteiger partial charge in [-0.05, 0) is 37.5 Å². The van der Waals surface area contributed by atoms with Gasteiger partial charge in [0.2, 0.25) is 0 Å². The largest absolute Gasteiger partial charge is 0.378 e. The van der Waals surface area contributed by atoms with Crippen LogP contribution in [0.3, 0.4) is 0 Å². The first-order chi connectivity index (χ1) is 9.65. The number of nitrogens with two attached hydrogens (primary N) is 1. The predicted octanol–water partition coefficient (Wildman–Crippen LogP) is 3.49. The molecule has 0 spiro atoms. The van der Waals surface area contributed by atoms with Crippen molar-refractivity contribution in [3.05, 3.63) is 33.8 Å². The number of hydrogen-bond donors (Lipinski definition) is 1. The summed E-state index contributed by atoms with van der Waals surface area (Å²) in [5, 5.41) is 1.35. The maximum absolute atomic E-state index is 6.31. The predicted molar refractivity (Wildman–Crippen MR) is 84.5 cm³/mol. The van der Waals surface area contributed by atoms with Crippen LogP contribution < -0.4 is 5.73 Å². The summed E-state index contributed by atoms with van der Waals surface area (Å²) in [4.78, 5) is 2.39. The molecule has 0 saturated carbocycles. The molecule has 112 valence electrons. The molecule has 1 atom stereocenters. The number of ether oxygens (including phenoxy) is 1. The van der Waals surface area contributed by atoms with Crippen molar-refractivity contribution < 1.29 is 4.74 Å². The van der Waals surface area contributed by atoms with Gasteiger partial charge < -0.3 is 10.5 Å². The molecular weight excluding hydrogens is 295 g/mol. The van der Waals surface area contributed by atoms with E-state index < -0.39 is 0 Å². The molecule has 0 aromatic heterocycles. The second kappa shape index (κ2) is 7.62. The topological polar surface area (TPSA) is 38.5 Å². The summed E-state index contributed by atoms with van der Waals surface area (Å²) in [5.74, 6) is 0. The molecule has 1 heterocycles. The van der Waals surface area contributed by atoms with Gasteiger partial charge in [0.25, 0.3) is 0 Å². The van der Waals surface area contributed by atoms with Crippen LogP contribution in [0.5, 0.6) is 0 Å². The first-order valence-corrected chi connectivity index (χ1v) is 7.92. The van der Waals surface area contributed by atoms with E-state index in [1.165, 1.54) is 0 Å². The summed E-state index contributed by atoms with van der Waals surface area (Å²) >= 11 is 12.3. The second-order valence-electron chi connectivity index (χ2n) is 5.11. The van der Waals surface area contributed by atoms with Crippen LogP contribution in [0.25, 0.3) is 0 Å². The van der Waals surface area contributed by atoms with Crippen molar-refractivity contribution in [1.82, 2.24) is 4.90 Å². The molecule has 5 heteroatoms. The Morgan fingerprint density at radius 1 is 1.35 bits per heavy atom. The average molecular weight is 317 g/mol. The van der Waals surface area contributed by atoms with E-state index in [0.29, 0.717) is 22.7 Å². The summed E-state index contributed by atoms with van der Waals surface area (Å²) in [6.45, 7) is 5.37. The van der Waals surface area contributed by atoms with Crippen molar-refractivity contribution in [3.8, 4) is 0 Å². The van der Waals surface area contributed by atoms with Gasteiger partial charge in [-0.1, -0.05) is 29.3 Å². The summed E-state index contributed by atoms with van der Waals surface area (Å²) in [6, 6.07) is 5.80. The van der Waals surface area contributed by atoms with Crippen molar-refractivity contribution in [2.24, 2.45) is 5.73 Å². The Balaban J connectivity index is 2.05. The Morgan fingerprint density at radius 2 is 2.05 bits per heavy atom. The highest BCUT2D eigenvalue weighted by Crippen LogP contribution is 2.31. The fraction of sp³-hybridized carbons (Fsp3) is 0.600. The van der Waals surface area contributed by atoms with Crippen molar-refractivity contribution in [3.63, 3.8) is 0 Å². The molecule has 2 rings (SSSR count). The molecule has 1 saturated heterocycles. The molecule has 1 aromatic rings. The minimum Gasteiger partial charge on any atom is -0.378 e. The van der Waals surface area contributed by atoms with E-state index in [0.717, 1.165) is 38.1 Å². The minimum atomic E-state index is 0.155. The molecular formula is C15H22Cl2N2O. The highest BCUT2D eigenvalue weighted by Gasteiger charge is 2.26. The SMILES string of the molecule is CCOC1CCN(C(CN)c2ccc(Cl)cc2Cl)CC1. The lowest BCUT2D eigenvalue weighted by atomic mass is 10.0. The standard InChI is InChI=1S/C15H22Cl2N2O/c1-2-20-12-5-7-19(8-6-12)15(10-18)13-4-3-11(16)9-14(13)17/h3-4,9,12,15H,2,5-8,10,18H2,1H3. The lowest BCUT2D eigenvalue weighted by Gasteiger charge is -2.37. The number of nitrogens with zero attached hydrogens (tertiary/aromatic N) is 1. The quantitative estimate of drug-likeness (QED) is 0.903. The van der Waals surface area contributed by atoms with Crippen LogP contribution in [0.1, 0.15) is 31.4 Å². The summed E-state index contributed by atoms with van der Waals surface area (Å²) < 4.78 is 5.69. The Bertz CT molecular complexity index is 434. The van der Waals surface area contributed by atoms with E-state index in [4.69, 9.17) is 33.7 Å². The maximum Gasteiger partial charge on any atom is 0.0599 e. The van der Waals surface area contributed by atoms with Crippen LogP contribution in [0, 0.1) is 0 Å². The molecule has 1 aliphatic rings. The number of likely N-dealkylation sites (tertiary alicyclic amines) is 1. The zero-order valence-corrected chi connectivity index (χ0v) is 13.3. The molecule has 2 N–H and O–H groups in total. The Morgan fingerprint density at radius 3 is 2.60 bits per heavy atom. The van der Waals surface area contributed by atoms with Crippen LogP contribution in [-0.4, -0.2) is 37.2 Å². The summed E-state index contributed by atoms with van der Waals surface area (Å²) in [6.07, 6.45) is 2.49. The monoisotopic (exact) mass is 316 g/mol. The zero-order chi connectivity index (χ0) is 14.5. The third-order valence-corrected chi connectivity index (χ3v) is 4.43. The van der Waals surface area contributed by atoms with Crippen molar-refractivity contribution in [2.75, 3.05) is 26.2 Å². The molecule has 1 unspecified atom stereocenters. The number of rotatable bonds is 5. The van der Waals surface area contributed by atoms with E-state index in [1.54, 1.807) is 6.07 Å². The van der Waals surface area contributed by atoms with Gasteiger partial charge in [-0.2, -0.15) is 0 Å². The van der Waals surface area contributed by atoms with Gasteiger partial charge in [-0.15, -0.1) is 0 Å². The molecule has 1 aliphatic heterocycles. The van der Waals surface area contributed by atoms with E-state index in [2.05, 4.69) is 4.90 Å². The molecule has 1 aromatic carbocycles. The third-order valence-electron chi connectivity index (χ3n) is 3.86. The van der Waals surface area contributed by atoms with Crippen molar-refractivity contribution in [2.45, 2.75) is 31.9 Å². The Hall–Kier alpha value is -0.320. The first-order valence-electron chi connectivity index (χ1n) is 7.16. The van der Waals surface area contributed by atoms with Crippen molar-refractivity contribution >= 4 is 23.2 Å². The smallest absolute Gasteiger partial charge is 0.0599 e. The van der Waals surface area contributed by atoms with Gasteiger partial charge in [0.05, 0.1) is 6.10 Å². The molecule has 3 nitrogen and oxygen atoms in total. The Kier molecular flexibility index (Phi) is 6.12. The van der Waals surface area contributed by atoms with Gasteiger partial charge >= 0.3 is 0 Å². The van der Waals surface area contributed by atoms with Crippen LogP contribution in [0.4, 0.5) is 0 Å². The molecule has 0 aliphatic carbocycles. The van der Waals surface area contributed by atoms with Crippen LogP contribution in [0.2, 0.25) is 10.0 Å². The highest BCUT2D eigenvalue weighted by molar-refractivity contribution is 6.35. The molecule has 0 amide bonds. The van der Waals surface area contributed by atoms with Crippen molar-refractivity contribution in [1.29, 1.82) is 0 Å². The third kappa shape index (κ3) is 3.86. The zero-order valence-electron chi connectivity index (χ0n) is 11.8. The normalized spacial score (nSPS) is 19.2. The maximum atomic E-state index is 6.31. The molecule has 0 bridgehead atoms. The number of piperidine rings is 1. The Labute approximate surface area is 131 Å². The van der Waals surface area contributed by atoms with Crippen LogP contribution in [0.15, 0.2) is 18.2 Å². The minimum absolute atomic E-state index is 0.155.